The molecule has 3 atom stereocenters. The molecule has 0 spiro atoms. The minimum Gasteiger partial charge on any atom is -0.378 e. The molecular formula is C10H16N2O. The summed E-state index contributed by atoms with van der Waals surface area (Å²) in [6, 6.07) is 2.37. The van der Waals surface area contributed by atoms with Crippen molar-refractivity contribution in [3.63, 3.8) is 0 Å². The van der Waals surface area contributed by atoms with E-state index >= 15 is 0 Å². The first-order chi connectivity index (χ1) is 6.31. The highest BCUT2D eigenvalue weighted by molar-refractivity contribution is 4.93. The topological polar surface area (TPSA) is 36.3 Å². The van der Waals surface area contributed by atoms with E-state index in [-0.39, 0.29) is 6.04 Å². The second-order valence-corrected chi connectivity index (χ2v) is 4.05. The third-order valence-corrected chi connectivity index (χ3v) is 3.25. The zero-order valence-electron chi connectivity index (χ0n) is 8.07. The maximum Gasteiger partial charge on any atom is 0.0949 e. The SMILES string of the molecule is CC(C#N)N1CC[C@H]2OCC[C@H]2C1. The van der Waals surface area contributed by atoms with Crippen LogP contribution in [-0.4, -0.2) is 36.7 Å². The van der Waals surface area contributed by atoms with Crippen molar-refractivity contribution in [3.8, 4) is 6.07 Å². The van der Waals surface area contributed by atoms with Gasteiger partial charge >= 0.3 is 0 Å². The van der Waals surface area contributed by atoms with Gasteiger partial charge in [-0.1, -0.05) is 0 Å². The van der Waals surface area contributed by atoms with Crippen molar-refractivity contribution in [2.75, 3.05) is 19.7 Å². The van der Waals surface area contributed by atoms with Crippen LogP contribution in [0.1, 0.15) is 19.8 Å². The van der Waals surface area contributed by atoms with Gasteiger partial charge in [-0.15, -0.1) is 0 Å². The summed E-state index contributed by atoms with van der Waals surface area (Å²) in [4.78, 5) is 2.27. The molecule has 2 rings (SSSR count). The van der Waals surface area contributed by atoms with E-state index < -0.39 is 0 Å². The van der Waals surface area contributed by atoms with Crippen LogP contribution < -0.4 is 0 Å². The van der Waals surface area contributed by atoms with Gasteiger partial charge in [0.2, 0.25) is 0 Å². The fourth-order valence-corrected chi connectivity index (χ4v) is 2.34. The minimum atomic E-state index is 0.0709. The number of hydrogen-bond donors (Lipinski definition) is 0. The van der Waals surface area contributed by atoms with Crippen LogP contribution in [0.2, 0.25) is 0 Å². The van der Waals surface area contributed by atoms with Crippen molar-refractivity contribution in [2.45, 2.75) is 31.9 Å². The normalized spacial score (nSPS) is 36.6. The van der Waals surface area contributed by atoms with Crippen molar-refractivity contribution in [1.82, 2.24) is 4.90 Å². The second-order valence-electron chi connectivity index (χ2n) is 4.05. The Labute approximate surface area is 79.3 Å². The third-order valence-electron chi connectivity index (χ3n) is 3.25. The fraction of sp³-hybridized carbons (Fsp3) is 0.900. The van der Waals surface area contributed by atoms with E-state index in [1.165, 1.54) is 6.42 Å². The zero-order valence-corrected chi connectivity index (χ0v) is 8.07. The van der Waals surface area contributed by atoms with Crippen molar-refractivity contribution in [2.24, 2.45) is 5.92 Å². The lowest BCUT2D eigenvalue weighted by Crippen LogP contribution is -2.45. The average molecular weight is 180 g/mol. The summed E-state index contributed by atoms with van der Waals surface area (Å²) >= 11 is 0. The molecule has 2 aliphatic heterocycles. The van der Waals surface area contributed by atoms with Gasteiger partial charge in [-0.05, 0) is 19.8 Å². The molecule has 72 valence electrons. The van der Waals surface area contributed by atoms with E-state index in [1.54, 1.807) is 0 Å². The average Bonchev–Trinajstić information content (AvgIpc) is 2.63. The Hall–Kier alpha value is -0.590. The Balaban J connectivity index is 1.94. The molecule has 2 heterocycles. The van der Waals surface area contributed by atoms with Gasteiger partial charge in [0.1, 0.15) is 0 Å². The highest BCUT2D eigenvalue weighted by Gasteiger charge is 2.35. The molecule has 0 radical (unpaired) electrons. The quantitative estimate of drug-likeness (QED) is 0.604. The predicted octanol–water partition coefficient (Wildman–Crippen LogP) is 1.01. The summed E-state index contributed by atoms with van der Waals surface area (Å²) in [6.45, 7) is 4.98. The molecular weight excluding hydrogens is 164 g/mol. The minimum absolute atomic E-state index is 0.0709. The lowest BCUT2D eigenvalue weighted by molar-refractivity contribution is 0.0299. The van der Waals surface area contributed by atoms with Gasteiger partial charge in [0.25, 0.3) is 0 Å². The second kappa shape index (κ2) is 3.65. The monoisotopic (exact) mass is 180 g/mol. The van der Waals surface area contributed by atoms with Crippen LogP contribution in [0.5, 0.6) is 0 Å². The highest BCUT2D eigenvalue weighted by Crippen LogP contribution is 2.29. The van der Waals surface area contributed by atoms with Gasteiger partial charge in [-0.3, -0.25) is 4.90 Å². The molecule has 13 heavy (non-hydrogen) atoms. The number of rotatable bonds is 1. The van der Waals surface area contributed by atoms with Gasteiger partial charge in [-0.25, -0.2) is 0 Å². The van der Waals surface area contributed by atoms with Gasteiger partial charge in [0.05, 0.1) is 18.2 Å². The molecule has 0 N–H and O–H groups in total. The lowest BCUT2D eigenvalue weighted by atomic mass is 9.93. The van der Waals surface area contributed by atoms with Gasteiger partial charge in [0, 0.05) is 25.6 Å². The largest absolute Gasteiger partial charge is 0.378 e. The molecule has 2 fully saturated rings. The van der Waals surface area contributed by atoms with Crippen LogP contribution in [0.15, 0.2) is 0 Å². The van der Waals surface area contributed by atoms with E-state index in [0.717, 1.165) is 26.1 Å². The van der Waals surface area contributed by atoms with Crippen LogP contribution in [0.4, 0.5) is 0 Å². The van der Waals surface area contributed by atoms with Crippen LogP contribution in [0.3, 0.4) is 0 Å². The van der Waals surface area contributed by atoms with Gasteiger partial charge in [-0.2, -0.15) is 5.26 Å². The van der Waals surface area contributed by atoms with E-state index in [1.807, 2.05) is 6.92 Å². The molecule has 0 aromatic rings. The number of ether oxygens (including phenoxy) is 1. The Morgan fingerprint density at radius 1 is 1.54 bits per heavy atom. The predicted molar refractivity (Wildman–Crippen MR) is 49.1 cm³/mol. The Morgan fingerprint density at radius 2 is 2.38 bits per heavy atom. The zero-order chi connectivity index (χ0) is 9.26. The molecule has 0 bridgehead atoms. The van der Waals surface area contributed by atoms with E-state index in [0.29, 0.717) is 12.0 Å². The molecule has 3 heteroatoms. The first-order valence-corrected chi connectivity index (χ1v) is 5.06. The molecule has 0 aromatic heterocycles. The number of hydrogen-bond acceptors (Lipinski definition) is 3. The number of nitriles is 1. The van der Waals surface area contributed by atoms with Crippen molar-refractivity contribution in [1.29, 1.82) is 5.26 Å². The summed E-state index contributed by atoms with van der Waals surface area (Å²) in [6.07, 6.45) is 2.78. The van der Waals surface area contributed by atoms with E-state index in [2.05, 4.69) is 11.0 Å². The van der Waals surface area contributed by atoms with Crippen LogP contribution in [0.25, 0.3) is 0 Å². The Morgan fingerprint density at radius 3 is 3.15 bits per heavy atom. The molecule has 0 amide bonds. The summed E-state index contributed by atoms with van der Waals surface area (Å²) < 4.78 is 5.61. The van der Waals surface area contributed by atoms with E-state index in [9.17, 15) is 0 Å². The molecule has 0 aliphatic carbocycles. The van der Waals surface area contributed by atoms with Crippen molar-refractivity contribution < 1.29 is 4.74 Å². The molecule has 1 unspecified atom stereocenters. The summed E-state index contributed by atoms with van der Waals surface area (Å²) in [7, 11) is 0. The van der Waals surface area contributed by atoms with Crippen molar-refractivity contribution >= 4 is 0 Å². The van der Waals surface area contributed by atoms with Crippen LogP contribution in [0, 0.1) is 17.2 Å². The third kappa shape index (κ3) is 1.70. The molecule has 2 saturated heterocycles. The van der Waals surface area contributed by atoms with Crippen LogP contribution in [-0.2, 0) is 4.74 Å². The number of piperidine rings is 1. The summed E-state index contributed by atoms with van der Waals surface area (Å²) in [5.41, 5.74) is 0. The maximum atomic E-state index is 8.80. The molecule has 3 nitrogen and oxygen atoms in total. The van der Waals surface area contributed by atoms with E-state index in [4.69, 9.17) is 10.00 Å². The fourth-order valence-electron chi connectivity index (χ4n) is 2.34. The first-order valence-electron chi connectivity index (χ1n) is 5.06. The molecule has 0 saturated carbocycles. The summed E-state index contributed by atoms with van der Waals surface area (Å²) in [5.74, 6) is 0.685. The molecule has 0 aromatic carbocycles. The standard InChI is InChI=1S/C10H16N2O/c1-8(6-11)12-4-2-10-9(7-12)3-5-13-10/h8-10H,2-5,7H2,1H3/t8?,9-,10+/m0/s1. The lowest BCUT2D eigenvalue weighted by Gasteiger charge is -2.35. The highest BCUT2D eigenvalue weighted by atomic mass is 16.5. The Bertz CT molecular complexity index is 223. The number of fused-ring (bicyclic) bond motifs is 1. The van der Waals surface area contributed by atoms with Crippen LogP contribution >= 0.6 is 0 Å². The Kier molecular flexibility index (Phi) is 2.52. The molecule has 2 aliphatic rings. The number of nitrogens with zero attached hydrogens (tertiary/aromatic N) is 2. The smallest absolute Gasteiger partial charge is 0.0949 e. The maximum absolute atomic E-state index is 8.80. The summed E-state index contributed by atoms with van der Waals surface area (Å²) in [5, 5.41) is 8.80. The number of likely N-dealkylation sites (tertiary alicyclic amines) is 1. The van der Waals surface area contributed by atoms with Gasteiger partial charge in [0.15, 0.2) is 0 Å². The van der Waals surface area contributed by atoms with Gasteiger partial charge < -0.3 is 4.74 Å². The first kappa shape index (κ1) is 8.98. The van der Waals surface area contributed by atoms with Crippen molar-refractivity contribution in [3.05, 3.63) is 0 Å².